The van der Waals surface area contributed by atoms with E-state index in [1.165, 1.54) is 0 Å². The number of amides is 1. The molecule has 112 valence electrons. The van der Waals surface area contributed by atoms with E-state index in [0.29, 0.717) is 20.7 Å². The molecule has 0 unspecified atom stereocenters. The molecule has 2 aromatic rings. The number of fused-ring (bicyclic) bond motifs is 1. The highest BCUT2D eigenvalue weighted by molar-refractivity contribution is 9.10. The van der Waals surface area contributed by atoms with Crippen molar-refractivity contribution in [2.45, 2.75) is 12.0 Å². The molecular weight excluding hydrogens is 370 g/mol. The van der Waals surface area contributed by atoms with Crippen LogP contribution in [-0.2, 0) is 10.4 Å². The molecule has 4 nitrogen and oxygen atoms in total. The van der Waals surface area contributed by atoms with Gasteiger partial charge in [-0.25, -0.2) is 0 Å². The highest BCUT2D eigenvalue weighted by atomic mass is 79.9. The van der Waals surface area contributed by atoms with Gasteiger partial charge in [0, 0.05) is 21.3 Å². The normalized spacial score (nSPS) is 19.7. The van der Waals surface area contributed by atoms with Crippen molar-refractivity contribution in [2.75, 3.05) is 5.32 Å². The molecule has 0 bridgehead atoms. The molecule has 1 atom stereocenters. The quantitative estimate of drug-likeness (QED) is 0.801. The Hall–Kier alpha value is -1.69. The van der Waals surface area contributed by atoms with Crippen LogP contribution in [0.4, 0.5) is 5.69 Å². The molecule has 0 saturated carbocycles. The number of aliphatic hydroxyl groups is 1. The minimum atomic E-state index is -1.89. The van der Waals surface area contributed by atoms with Gasteiger partial charge >= 0.3 is 0 Å². The van der Waals surface area contributed by atoms with Crippen molar-refractivity contribution in [3.63, 3.8) is 0 Å². The van der Waals surface area contributed by atoms with Crippen molar-refractivity contribution in [3.05, 3.63) is 63.1 Å². The standard InChI is InChI=1S/C16H11BrClNO3/c17-9-5-6-13-11(7-9)16(22,15(21)19-13)8-14(20)10-3-1-2-4-12(10)18/h1-7,22H,8H2,(H,19,21)/t16-/m0/s1. The summed E-state index contributed by atoms with van der Waals surface area (Å²) in [6.45, 7) is 0. The van der Waals surface area contributed by atoms with Gasteiger partial charge < -0.3 is 10.4 Å². The maximum absolute atomic E-state index is 12.4. The SMILES string of the molecule is O=C(C[C@@]1(O)C(=O)Nc2ccc(Br)cc21)c1ccccc1Cl. The molecule has 2 aromatic carbocycles. The van der Waals surface area contributed by atoms with Gasteiger partial charge in [-0.3, -0.25) is 9.59 Å². The summed E-state index contributed by atoms with van der Waals surface area (Å²) >= 11 is 9.30. The van der Waals surface area contributed by atoms with Crippen molar-refractivity contribution >= 4 is 44.9 Å². The number of carbonyl (C=O) groups is 2. The highest BCUT2D eigenvalue weighted by Crippen LogP contribution is 2.40. The molecule has 0 spiro atoms. The fourth-order valence-corrected chi connectivity index (χ4v) is 3.11. The second-order valence-corrected chi connectivity index (χ2v) is 6.41. The number of halogens is 2. The van der Waals surface area contributed by atoms with Gasteiger partial charge in [0.1, 0.15) is 0 Å². The number of benzene rings is 2. The van der Waals surface area contributed by atoms with Crippen LogP contribution in [0.3, 0.4) is 0 Å². The number of nitrogens with one attached hydrogen (secondary N) is 1. The lowest BCUT2D eigenvalue weighted by Crippen LogP contribution is -2.36. The van der Waals surface area contributed by atoms with Crippen LogP contribution in [0.2, 0.25) is 5.02 Å². The maximum atomic E-state index is 12.4. The Morgan fingerprint density at radius 3 is 2.73 bits per heavy atom. The van der Waals surface area contributed by atoms with Crippen LogP contribution in [0.1, 0.15) is 22.3 Å². The number of carbonyl (C=O) groups excluding carboxylic acids is 2. The lowest BCUT2D eigenvalue weighted by molar-refractivity contribution is -0.133. The summed E-state index contributed by atoms with van der Waals surface area (Å²) in [4.78, 5) is 24.6. The van der Waals surface area contributed by atoms with E-state index >= 15 is 0 Å². The summed E-state index contributed by atoms with van der Waals surface area (Å²) in [7, 11) is 0. The molecule has 1 amide bonds. The predicted octanol–water partition coefficient (Wildman–Crippen LogP) is 3.52. The number of Topliss-reactive ketones (excluding diaryl/α,β-unsaturated/α-hetero) is 1. The highest BCUT2D eigenvalue weighted by Gasteiger charge is 2.47. The van der Waals surface area contributed by atoms with E-state index in [4.69, 9.17) is 11.6 Å². The molecule has 0 fully saturated rings. The van der Waals surface area contributed by atoms with E-state index in [2.05, 4.69) is 21.2 Å². The average Bonchev–Trinajstić information content (AvgIpc) is 2.71. The third-order valence-electron chi connectivity index (χ3n) is 3.64. The third-order valence-corrected chi connectivity index (χ3v) is 4.46. The van der Waals surface area contributed by atoms with Crippen molar-refractivity contribution < 1.29 is 14.7 Å². The smallest absolute Gasteiger partial charge is 0.261 e. The second kappa shape index (κ2) is 5.50. The van der Waals surface area contributed by atoms with Crippen LogP contribution in [0, 0.1) is 0 Å². The van der Waals surface area contributed by atoms with E-state index in [0.717, 1.165) is 0 Å². The zero-order chi connectivity index (χ0) is 15.9. The van der Waals surface area contributed by atoms with Crippen molar-refractivity contribution in [2.24, 2.45) is 0 Å². The van der Waals surface area contributed by atoms with Gasteiger partial charge in [-0.1, -0.05) is 39.7 Å². The van der Waals surface area contributed by atoms with E-state index < -0.39 is 17.3 Å². The number of hydrogen-bond acceptors (Lipinski definition) is 3. The van der Waals surface area contributed by atoms with Crippen LogP contribution in [0.5, 0.6) is 0 Å². The van der Waals surface area contributed by atoms with Crippen LogP contribution < -0.4 is 5.32 Å². The third kappa shape index (κ3) is 2.45. The minimum absolute atomic E-state index is 0.286. The van der Waals surface area contributed by atoms with Crippen molar-refractivity contribution in [3.8, 4) is 0 Å². The molecule has 22 heavy (non-hydrogen) atoms. The molecular formula is C16H11BrClNO3. The van der Waals surface area contributed by atoms with E-state index in [-0.39, 0.29) is 12.0 Å². The minimum Gasteiger partial charge on any atom is -0.375 e. The largest absolute Gasteiger partial charge is 0.375 e. The Bertz CT molecular complexity index is 793. The van der Waals surface area contributed by atoms with Crippen LogP contribution in [0.25, 0.3) is 0 Å². The zero-order valence-corrected chi connectivity index (χ0v) is 13.6. The maximum Gasteiger partial charge on any atom is 0.261 e. The Morgan fingerprint density at radius 2 is 2.00 bits per heavy atom. The van der Waals surface area contributed by atoms with Crippen LogP contribution in [-0.4, -0.2) is 16.8 Å². The summed E-state index contributed by atoms with van der Waals surface area (Å²) in [5.41, 5.74) is -0.723. The van der Waals surface area contributed by atoms with Gasteiger partial charge in [-0.05, 0) is 30.3 Å². The molecule has 1 heterocycles. The summed E-state index contributed by atoms with van der Waals surface area (Å²) in [6, 6.07) is 11.6. The molecule has 1 aliphatic rings. The molecule has 2 N–H and O–H groups in total. The van der Waals surface area contributed by atoms with Gasteiger partial charge in [-0.2, -0.15) is 0 Å². The van der Waals surface area contributed by atoms with E-state index in [9.17, 15) is 14.7 Å². The Balaban J connectivity index is 1.98. The lowest BCUT2D eigenvalue weighted by Gasteiger charge is -2.20. The first-order valence-corrected chi connectivity index (χ1v) is 7.70. The van der Waals surface area contributed by atoms with Gasteiger partial charge in [0.25, 0.3) is 5.91 Å². The van der Waals surface area contributed by atoms with Crippen LogP contribution in [0.15, 0.2) is 46.9 Å². The van der Waals surface area contributed by atoms with Gasteiger partial charge in [0.15, 0.2) is 11.4 Å². The topological polar surface area (TPSA) is 66.4 Å². The molecule has 1 aliphatic heterocycles. The second-order valence-electron chi connectivity index (χ2n) is 5.08. The zero-order valence-electron chi connectivity index (χ0n) is 11.3. The Morgan fingerprint density at radius 1 is 1.27 bits per heavy atom. The van der Waals surface area contributed by atoms with E-state index in [1.807, 2.05) is 0 Å². The lowest BCUT2D eigenvalue weighted by atomic mass is 9.88. The Labute approximate surface area is 140 Å². The van der Waals surface area contributed by atoms with Crippen molar-refractivity contribution in [1.82, 2.24) is 0 Å². The number of ketones is 1. The molecule has 3 rings (SSSR count). The summed E-state index contributed by atoms with van der Waals surface area (Å²) in [5, 5.41) is 13.6. The number of rotatable bonds is 3. The summed E-state index contributed by atoms with van der Waals surface area (Å²) in [6.07, 6.45) is -0.369. The molecule has 0 saturated heterocycles. The fraction of sp³-hybridized carbons (Fsp3) is 0.125. The molecule has 0 radical (unpaired) electrons. The number of anilines is 1. The molecule has 6 heteroatoms. The first kappa shape index (κ1) is 15.2. The molecule has 0 aromatic heterocycles. The monoisotopic (exact) mass is 379 g/mol. The van der Waals surface area contributed by atoms with Crippen molar-refractivity contribution in [1.29, 1.82) is 0 Å². The first-order chi connectivity index (χ1) is 10.4. The molecule has 0 aliphatic carbocycles. The van der Waals surface area contributed by atoms with Gasteiger partial charge in [0.05, 0.1) is 11.4 Å². The van der Waals surface area contributed by atoms with Gasteiger partial charge in [-0.15, -0.1) is 0 Å². The predicted molar refractivity (Wildman–Crippen MR) is 87.1 cm³/mol. The Kier molecular flexibility index (Phi) is 3.80. The fourth-order valence-electron chi connectivity index (χ4n) is 2.51. The summed E-state index contributed by atoms with van der Waals surface area (Å²) in [5.74, 6) is -1.00. The first-order valence-electron chi connectivity index (χ1n) is 6.53. The average molecular weight is 381 g/mol. The van der Waals surface area contributed by atoms with Gasteiger partial charge in [0.2, 0.25) is 0 Å². The summed E-state index contributed by atoms with van der Waals surface area (Å²) < 4.78 is 0.714. The number of hydrogen-bond donors (Lipinski definition) is 2. The van der Waals surface area contributed by atoms with Crippen LogP contribution >= 0.6 is 27.5 Å². The van der Waals surface area contributed by atoms with E-state index in [1.54, 1.807) is 42.5 Å².